The summed E-state index contributed by atoms with van der Waals surface area (Å²) in [6, 6.07) is 0. The van der Waals surface area contributed by atoms with Gasteiger partial charge < -0.3 is 20.7 Å². The number of rotatable bonds is 8. The maximum atomic E-state index is 6.02. The number of likely N-dealkylation sites (tertiary alicyclic amines) is 1. The Hall–Kier alpha value is -0.420. The minimum atomic E-state index is 0.108. The van der Waals surface area contributed by atoms with E-state index in [1.54, 1.807) is 0 Å². The van der Waals surface area contributed by atoms with Crippen LogP contribution in [-0.4, -0.2) is 56.4 Å². The highest BCUT2D eigenvalue weighted by Gasteiger charge is 2.30. The van der Waals surface area contributed by atoms with Crippen molar-refractivity contribution in [1.29, 1.82) is 0 Å². The SMILES string of the molecule is C=C(C)COCCNC1(CN)CCCN(CC)CC1. The Morgan fingerprint density at radius 3 is 2.84 bits per heavy atom. The van der Waals surface area contributed by atoms with Crippen molar-refractivity contribution in [2.75, 3.05) is 45.9 Å². The summed E-state index contributed by atoms with van der Waals surface area (Å²) >= 11 is 0. The fourth-order valence-electron chi connectivity index (χ4n) is 2.65. The van der Waals surface area contributed by atoms with E-state index in [0.717, 1.165) is 38.2 Å². The van der Waals surface area contributed by atoms with Crippen molar-refractivity contribution < 1.29 is 4.74 Å². The van der Waals surface area contributed by atoms with Crippen molar-refractivity contribution in [2.45, 2.75) is 38.6 Å². The molecule has 0 aliphatic carbocycles. The van der Waals surface area contributed by atoms with Crippen LogP contribution in [0.4, 0.5) is 0 Å². The number of hydrogen-bond donors (Lipinski definition) is 2. The third-order valence-electron chi connectivity index (χ3n) is 3.97. The summed E-state index contributed by atoms with van der Waals surface area (Å²) in [6.07, 6.45) is 3.53. The second-order valence-corrected chi connectivity index (χ2v) is 5.71. The Morgan fingerprint density at radius 1 is 1.42 bits per heavy atom. The molecular formula is C15H31N3O. The average Bonchev–Trinajstić information content (AvgIpc) is 2.61. The van der Waals surface area contributed by atoms with Crippen molar-refractivity contribution in [1.82, 2.24) is 10.2 Å². The maximum Gasteiger partial charge on any atom is 0.0672 e. The molecule has 1 unspecified atom stereocenters. The first kappa shape index (κ1) is 16.6. The highest BCUT2D eigenvalue weighted by atomic mass is 16.5. The summed E-state index contributed by atoms with van der Waals surface area (Å²) in [5, 5.41) is 3.64. The molecule has 19 heavy (non-hydrogen) atoms. The Bertz CT molecular complexity index is 270. The van der Waals surface area contributed by atoms with Crippen LogP contribution in [0.2, 0.25) is 0 Å². The van der Waals surface area contributed by atoms with Crippen molar-refractivity contribution in [2.24, 2.45) is 5.73 Å². The zero-order valence-corrected chi connectivity index (χ0v) is 12.7. The Kier molecular flexibility index (Phi) is 7.61. The van der Waals surface area contributed by atoms with E-state index in [9.17, 15) is 0 Å². The van der Waals surface area contributed by atoms with Gasteiger partial charge in [0.1, 0.15) is 0 Å². The fraction of sp³-hybridized carbons (Fsp3) is 0.867. The largest absolute Gasteiger partial charge is 0.376 e. The van der Waals surface area contributed by atoms with Crippen LogP contribution in [0.25, 0.3) is 0 Å². The Morgan fingerprint density at radius 2 is 2.21 bits per heavy atom. The van der Waals surface area contributed by atoms with Gasteiger partial charge in [-0.05, 0) is 45.8 Å². The predicted molar refractivity (Wildman–Crippen MR) is 81.4 cm³/mol. The standard InChI is InChI=1S/C15H31N3O/c1-4-18-9-5-6-15(13-16,7-10-18)17-8-11-19-12-14(2)3/h17H,2,4-13,16H2,1,3H3. The minimum Gasteiger partial charge on any atom is -0.376 e. The molecule has 0 aromatic carbocycles. The van der Waals surface area contributed by atoms with E-state index in [2.05, 4.69) is 23.7 Å². The Balaban J connectivity index is 2.32. The van der Waals surface area contributed by atoms with Crippen LogP contribution >= 0.6 is 0 Å². The fourth-order valence-corrected chi connectivity index (χ4v) is 2.65. The number of hydrogen-bond acceptors (Lipinski definition) is 4. The number of ether oxygens (including phenoxy) is 1. The molecule has 1 saturated heterocycles. The zero-order valence-electron chi connectivity index (χ0n) is 12.7. The van der Waals surface area contributed by atoms with Gasteiger partial charge in [0, 0.05) is 18.6 Å². The lowest BCUT2D eigenvalue weighted by molar-refractivity contribution is 0.145. The molecule has 0 radical (unpaired) electrons. The molecule has 1 aliphatic rings. The molecule has 1 fully saturated rings. The first-order valence-electron chi connectivity index (χ1n) is 7.51. The molecule has 0 aromatic rings. The second-order valence-electron chi connectivity index (χ2n) is 5.71. The van der Waals surface area contributed by atoms with E-state index in [1.807, 2.05) is 6.92 Å². The van der Waals surface area contributed by atoms with Gasteiger partial charge >= 0.3 is 0 Å². The maximum absolute atomic E-state index is 6.02. The highest BCUT2D eigenvalue weighted by molar-refractivity contribution is 4.92. The quantitative estimate of drug-likeness (QED) is 0.516. The molecule has 4 nitrogen and oxygen atoms in total. The summed E-state index contributed by atoms with van der Waals surface area (Å²) in [6.45, 7) is 14.5. The molecule has 4 heteroatoms. The topological polar surface area (TPSA) is 50.5 Å². The Labute approximate surface area is 118 Å². The lowest BCUT2D eigenvalue weighted by Gasteiger charge is -2.33. The predicted octanol–water partition coefficient (Wildman–Crippen LogP) is 1.37. The molecule has 3 N–H and O–H groups in total. The molecule has 1 rings (SSSR count). The highest BCUT2D eigenvalue weighted by Crippen LogP contribution is 2.21. The van der Waals surface area contributed by atoms with Gasteiger partial charge in [-0.2, -0.15) is 0 Å². The molecule has 1 heterocycles. The van der Waals surface area contributed by atoms with Gasteiger partial charge in [-0.25, -0.2) is 0 Å². The number of nitrogens with two attached hydrogens (primary N) is 1. The average molecular weight is 269 g/mol. The zero-order chi connectivity index (χ0) is 14.1. The molecule has 0 aromatic heterocycles. The van der Waals surface area contributed by atoms with Crippen LogP contribution in [0.5, 0.6) is 0 Å². The van der Waals surface area contributed by atoms with Gasteiger partial charge in [-0.15, -0.1) is 0 Å². The molecule has 0 amide bonds. The summed E-state index contributed by atoms with van der Waals surface area (Å²) in [5.41, 5.74) is 7.20. The van der Waals surface area contributed by atoms with Gasteiger partial charge in [0.05, 0.1) is 13.2 Å². The molecule has 1 atom stereocenters. The lowest BCUT2D eigenvalue weighted by Crippen LogP contribution is -2.52. The molecule has 0 bridgehead atoms. The minimum absolute atomic E-state index is 0.108. The van der Waals surface area contributed by atoms with E-state index in [4.69, 9.17) is 10.5 Å². The van der Waals surface area contributed by atoms with E-state index >= 15 is 0 Å². The first-order valence-corrected chi connectivity index (χ1v) is 7.51. The van der Waals surface area contributed by atoms with Crippen LogP contribution in [0.1, 0.15) is 33.1 Å². The van der Waals surface area contributed by atoms with E-state index in [-0.39, 0.29) is 5.54 Å². The van der Waals surface area contributed by atoms with Crippen molar-refractivity contribution >= 4 is 0 Å². The number of nitrogens with one attached hydrogen (secondary N) is 1. The molecule has 1 aliphatic heterocycles. The van der Waals surface area contributed by atoms with Crippen LogP contribution in [0.3, 0.4) is 0 Å². The third kappa shape index (κ3) is 6.04. The van der Waals surface area contributed by atoms with E-state index in [1.165, 1.54) is 19.4 Å². The molecule has 0 spiro atoms. The molecule has 0 saturated carbocycles. The molecule has 112 valence electrons. The van der Waals surface area contributed by atoms with Gasteiger partial charge in [0.15, 0.2) is 0 Å². The van der Waals surface area contributed by atoms with Gasteiger partial charge in [0.2, 0.25) is 0 Å². The smallest absolute Gasteiger partial charge is 0.0672 e. The summed E-state index contributed by atoms with van der Waals surface area (Å²) < 4.78 is 5.54. The van der Waals surface area contributed by atoms with E-state index in [0.29, 0.717) is 13.2 Å². The summed E-state index contributed by atoms with van der Waals surface area (Å²) in [4.78, 5) is 2.51. The van der Waals surface area contributed by atoms with Crippen LogP contribution < -0.4 is 11.1 Å². The van der Waals surface area contributed by atoms with Crippen LogP contribution in [-0.2, 0) is 4.74 Å². The second kappa shape index (κ2) is 8.69. The van der Waals surface area contributed by atoms with Crippen LogP contribution in [0.15, 0.2) is 12.2 Å². The van der Waals surface area contributed by atoms with E-state index < -0.39 is 0 Å². The van der Waals surface area contributed by atoms with Crippen molar-refractivity contribution in [3.63, 3.8) is 0 Å². The van der Waals surface area contributed by atoms with Crippen molar-refractivity contribution in [3.8, 4) is 0 Å². The summed E-state index contributed by atoms with van der Waals surface area (Å²) in [7, 11) is 0. The first-order chi connectivity index (χ1) is 9.12. The monoisotopic (exact) mass is 269 g/mol. The lowest BCUT2D eigenvalue weighted by atomic mass is 9.90. The molecular weight excluding hydrogens is 238 g/mol. The van der Waals surface area contributed by atoms with Gasteiger partial charge in [-0.3, -0.25) is 0 Å². The van der Waals surface area contributed by atoms with Gasteiger partial charge in [-0.1, -0.05) is 19.1 Å². The number of nitrogens with zero attached hydrogens (tertiary/aromatic N) is 1. The van der Waals surface area contributed by atoms with Crippen molar-refractivity contribution in [3.05, 3.63) is 12.2 Å². The normalized spacial score (nSPS) is 25.2. The summed E-state index contributed by atoms with van der Waals surface area (Å²) in [5.74, 6) is 0. The third-order valence-corrected chi connectivity index (χ3v) is 3.97. The van der Waals surface area contributed by atoms with Crippen LogP contribution in [0, 0.1) is 0 Å². The van der Waals surface area contributed by atoms with Gasteiger partial charge in [0.25, 0.3) is 0 Å².